The predicted octanol–water partition coefficient (Wildman–Crippen LogP) is 4.62. The Morgan fingerprint density at radius 3 is 2.50 bits per heavy atom. The van der Waals surface area contributed by atoms with Crippen molar-refractivity contribution in [2.75, 3.05) is 6.54 Å². The van der Waals surface area contributed by atoms with Gasteiger partial charge in [0.25, 0.3) is 0 Å². The maximum Gasteiger partial charge on any atom is 0.0438 e. The lowest BCUT2D eigenvalue weighted by Crippen LogP contribution is -2.34. The van der Waals surface area contributed by atoms with Gasteiger partial charge in [-0.3, -0.25) is 0 Å². The summed E-state index contributed by atoms with van der Waals surface area (Å²) in [6.45, 7) is 2.87. The van der Waals surface area contributed by atoms with Crippen LogP contribution in [0.1, 0.15) is 49.7 Å². The second-order valence-corrected chi connectivity index (χ2v) is 5.75. The van der Waals surface area contributed by atoms with E-state index in [1.165, 1.54) is 43.2 Å². The number of rotatable bonds is 5. The quantitative estimate of drug-likeness (QED) is 0.786. The molecule has 1 fully saturated rings. The van der Waals surface area contributed by atoms with Crippen LogP contribution in [-0.4, -0.2) is 6.54 Å². The van der Waals surface area contributed by atoms with Crippen LogP contribution in [0.5, 0.6) is 0 Å². The van der Waals surface area contributed by atoms with Crippen molar-refractivity contribution in [1.82, 2.24) is 0 Å². The summed E-state index contributed by atoms with van der Waals surface area (Å²) in [5.41, 5.74) is 8.60. The van der Waals surface area contributed by atoms with Gasteiger partial charge >= 0.3 is 0 Å². The summed E-state index contributed by atoms with van der Waals surface area (Å²) in [6.07, 6.45) is 7.63. The predicted molar refractivity (Wildman–Crippen MR) is 81.9 cm³/mol. The minimum absolute atomic E-state index is 0. The van der Waals surface area contributed by atoms with Gasteiger partial charge in [-0.25, -0.2) is 0 Å². The molecule has 0 aromatic heterocycles. The van der Waals surface area contributed by atoms with E-state index < -0.39 is 0 Å². The Kier molecular flexibility index (Phi) is 5.97. The monoisotopic (exact) mass is 287 g/mol. The van der Waals surface area contributed by atoms with Crippen LogP contribution in [0.25, 0.3) is 0 Å². The molecular weight excluding hydrogens is 265 g/mol. The van der Waals surface area contributed by atoms with Crippen LogP contribution in [0.2, 0.25) is 5.02 Å². The highest BCUT2D eigenvalue weighted by Gasteiger charge is 2.37. The molecule has 0 heterocycles. The summed E-state index contributed by atoms with van der Waals surface area (Å²) in [5.74, 6) is 0. The summed E-state index contributed by atoms with van der Waals surface area (Å²) < 4.78 is 0. The molecule has 1 aliphatic rings. The third-order valence-corrected chi connectivity index (χ3v) is 4.61. The Labute approximate surface area is 122 Å². The maximum atomic E-state index is 6.24. The third-order valence-electron chi connectivity index (χ3n) is 4.20. The van der Waals surface area contributed by atoms with Crippen LogP contribution in [0.3, 0.4) is 0 Å². The first-order valence-electron chi connectivity index (χ1n) is 6.65. The molecule has 1 aromatic carbocycles. The number of halogens is 2. The Morgan fingerprint density at radius 2 is 2.00 bits per heavy atom. The molecule has 2 N–H and O–H groups in total. The van der Waals surface area contributed by atoms with E-state index in [2.05, 4.69) is 25.1 Å². The number of aryl methyl sites for hydroxylation is 1. The minimum atomic E-state index is 0. The van der Waals surface area contributed by atoms with Crippen LogP contribution in [0.15, 0.2) is 18.2 Å². The molecule has 18 heavy (non-hydrogen) atoms. The summed E-state index contributed by atoms with van der Waals surface area (Å²) in [5, 5.41) is 0.910. The van der Waals surface area contributed by atoms with Gasteiger partial charge in [0, 0.05) is 5.02 Å². The molecule has 1 saturated carbocycles. The fraction of sp³-hybridized carbons (Fsp3) is 0.600. The molecule has 102 valence electrons. The Hall–Kier alpha value is -0.240. The molecule has 1 nitrogen and oxygen atoms in total. The Balaban J connectivity index is 0.00000162. The number of hydrogen-bond donors (Lipinski definition) is 1. The van der Waals surface area contributed by atoms with Gasteiger partial charge < -0.3 is 5.73 Å². The molecule has 0 atom stereocenters. The van der Waals surface area contributed by atoms with Crippen molar-refractivity contribution < 1.29 is 0 Å². The first-order chi connectivity index (χ1) is 8.18. The van der Waals surface area contributed by atoms with Gasteiger partial charge in [0.15, 0.2) is 0 Å². The summed E-state index contributed by atoms with van der Waals surface area (Å²) in [7, 11) is 0. The van der Waals surface area contributed by atoms with E-state index in [9.17, 15) is 0 Å². The standard InChI is InChI=1S/C15H22ClN.ClH/c1-12-5-6-13(11-14(12)16)15(8-4-9-15)7-2-3-10-17;/h5-6,11H,2-4,7-10,17H2,1H3;1H. The van der Waals surface area contributed by atoms with Crippen molar-refractivity contribution >= 4 is 24.0 Å². The van der Waals surface area contributed by atoms with Crippen molar-refractivity contribution in [3.05, 3.63) is 34.3 Å². The first kappa shape index (κ1) is 15.8. The zero-order chi connectivity index (χ0) is 12.3. The second-order valence-electron chi connectivity index (χ2n) is 5.34. The minimum Gasteiger partial charge on any atom is -0.330 e. The van der Waals surface area contributed by atoms with Crippen LogP contribution >= 0.6 is 24.0 Å². The summed E-state index contributed by atoms with van der Waals surface area (Å²) in [4.78, 5) is 0. The molecule has 1 aromatic rings. The molecule has 0 aliphatic heterocycles. The number of unbranched alkanes of at least 4 members (excludes halogenated alkanes) is 1. The molecule has 0 saturated heterocycles. The van der Waals surface area contributed by atoms with Crippen LogP contribution in [-0.2, 0) is 5.41 Å². The average Bonchev–Trinajstić information content (AvgIpc) is 2.26. The fourth-order valence-electron chi connectivity index (χ4n) is 2.82. The molecular formula is C15H23Cl2N. The first-order valence-corrected chi connectivity index (χ1v) is 7.02. The van der Waals surface area contributed by atoms with Crippen molar-refractivity contribution in [2.45, 2.75) is 50.9 Å². The lowest BCUT2D eigenvalue weighted by Gasteiger charge is -2.43. The molecule has 0 bridgehead atoms. The van der Waals surface area contributed by atoms with E-state index in [1.54, 1.807) is 0 Å². The van der Waals surface area contributed by atoms with Crippen LogP contribution < -0.4 is 5.73 Å². The molecule has 0 amide bonds. The largest absolute Gasteiger partial charge is 0.330 e. The zero-order valence-corrected chi connectivity index (χ0v) is 12.6. The van der Waals surface area contributed by atoms with Gasteiger partial charge in [-0.2, -0.15) is 0 Å². The second kappa shape index (κ2) is 6.79. The van der Waals surface area contributed by atoms with Crippen LogP contribution in [0, 0.1) is 6.92 Å². The Morgan fingerprint density at radius 1 is 1.28 bits per heavy atom. The average molecular weight is 288 g/mol. The van der Waals surface area contributed by atoms with E-state index in [1.807, 2.05) is 0 Å². The van der Waals surface area contributed by atoms with Crippen LogP contribution in [0.4, 0.5) is 0 Å². The SMILES string of the molecule is Cc1ccc(C2(CCCCN)CCC2)cc1Cl.Cl. The van der Waals surface area contributed by atoms with Crippen molar-refractivity contribution in [3.8, 4) is 0 Å². The molecule has 0 spiro atoms. The van der Waals surface area contributed by atoms with Gasteiger partial charge in [0.2, 0.25) is 0 Å². The van der Waals surface area contributed by atoms with E-state index >= 15 is 0 Å². The van der Waals surface area contributed by atoms with Gasteiger partial charge in [-0.05, 0) is 61.8 Å². The molecule has 3 heteroatoms. The van der Waals surface area contributed by atoms with E-state index in [0.717, 1.165) is 18.0 Å². The summed E-state index contributed by atoms with van der Waals surface area (Å²) >= 11 is 6.24. The molecule has 0 unspecified atom stereocenters. The molecule has 0 radical (unpaired) electrons. The Bertz CT molecular complexity index is 386. The van der Waals surface area contributed by atoms with Crippen molar-refractivity contribution in [3.63, 3.8) is 0 Å². The van der Waals surface area contributed by atoms with E-state index in [0.29, 0.717) is 5.41 Å². The van der Waals surface area contributed by atoms with Crippen molar-refractivity contribution in [1.29, 1.82) is 0 Å². The van der Waals surface area contributed by atoms with Gasteiger partial charge in [-0.1, -0.05) is 36.6 Å². The molecule has 1 aliphatic carbocycles. The topological polar surface area (TPSA) is 26.0 Å². The van der Waals surface area contributed by atoms with E-state index in [-0.39, 0.29) is 12.4 Å². The fourth-order valence-corrected chi connectivity index (χ4v) is 3.00. The lowest BCUT2D eigenvalue weighted by atomic mass is 9.62. The van der Waals surface area contributed by atoms with E-state index in [4.69, 9.17) is 17.3 Å². The highest BCUT2D eigenvalue weighted by molar-refractivity contribution is 6.31. The lowest BCUT2D eigenvalue weighted by molar-refractivity contribution is 0.219. The maximum absolute atomic E-state index is 6.24. The van der Waals surface area contributed by atoms with Crippen molar-refractivity contribution in [2.24, 2.45) is 5.73 Å². The molecule has 2 rings (SSSR count). The van der Waals surface area contributed by atoms with Gasteiger partial charge in [0.1, 0.15) is 0 Å². The zero-order valence-electron chi connectivity index (χ0n) is 11.0. The third kappa shape index (κ3) is 3.20. The highest BCUT2D eigenvalue weighted by atomic mass is 35.5. The number of hydrogen-bond acceptors (Lipinski definition) is 1. The van der Waals surface area contributed by atoms with Gasteiger partial charge in [0.05, 0.1) is 0 Å². The number of benzene rings is 1. The number of nitrogens with two attached hydrogens (primary N) is 1. The highest BCUT2D eigenvalue weighted by Crippen LogP contribution is 2.48. The smallest absolute Gasteiger partial charge is 0.0438 e. The van der Waals surface area contributed by atoms with Gasteiger partial charge in [-0.15, -0.1) is 12.4 Å². The summed E-state index contributed by atoms with van der Waals surface area (Å²) in [6, 6.07) is 6.60. The normalized spacial score (nSPS) is 16.8.